The van der Waals surface area contributed by atoms with E-state index in [1.165, 1.54) is 5.56 Å². The van der Waals surface area contributed by atoms with Crippen molar-refractivity contribution in [2.75, 3.05) is 0 Å². The van der Waals surface area contributed by atoms with E-state index in [0.29, 0.717) is 6.61 Å². The number of hydrogen-bond acceptors (Lipinski definition) is 2. The molecule has 2 heteroatoms. The molecule has 20 heavy (non-hydrogen) atoms. The van der Waals surface area contributed by atoms with Crippen LogP contribution in [0.5, 0.6) is 11.5 Å². The van der Waals surface area contributed by atoms with Crippen LogP contribution in [0.25, 0.3) is 0 Å². The predicted molar refractivity (Wildman–Crippen MR) is 82.4 cm³/mol. The second-order valence-electron chi connectivity index (χ2n) is 5.08. The number of ether oxygens (including phenoxy) is 2. The Morgan fingerprint density at radius 3 is 2.30 bits per heavy atom. The molecule has 0 atom stereocenters. The molecule has 2 nitrogen and oxygen atoms in total. The largest absolute Gasteiger partial charge is 0.487 e. The van der Waals surface area contributed by atoms with Crippen LogP contribution in [0, 0.1) is 0 Å². The molecule has 0 aliphatic rings. The van der Waals surface area contributed by atoms with Crippen LogP contribution in [0.1, 0.15) is 31.9 Å². The maximum Gasteiger partial charge on any atom is 0.161 e. The van der Waals surface area contributed by atoms with Crippen LogP contribution in [0.2, 0.25) is 0 Å². The van der Waals surface area contributed by atoms with Gasteiger partial charge in [-0.05, 0) is 43.5 Å². The Labute approximate surface area is 121 Å². The summed E-state index contributed by atoms with van der Waals surface area (Å²) in [7, 11) is 0. The third kappa shape index (κ3) is 4.02. The molecule has 0 aliphatic carbocycles. The van der Waals surface area contributed by atoms with Gasteiger partial charge in [0.15, 0.2) is 11.5 Å². The van der Waals surface area contributed by atoms with E-state index in [0.717, 1.165) is 23.5 Å². The number of rotatable bonds is 6. The third-order valence-electron chi connectivity index (χ3n) is 3.02. The highest BCUT2D eigenvalue weighted by Crippen LogP contribution is 2.30. The molecule has 0 saturated heterocycles. The van der Waals surface area contributed by atoms with Gasteiger partial charge in [0.1, 0.15) is 6.61 Å². The Morgan fingerprint density at radius 1 is 0.900 bits per heavy atom. The van der Waals surface area contributed by atoms with E-state index < -0.39 is 0 Å². The molecule has 0 amide bonds. The lowest BCUT2D eigenvalue weighted by Gasteiger charge is -2.16. The zero-order chi connectivity index (χ0) is 14.4. The van der Waals surface area contributed by atoms with Crippen LogP contribution in [0.15, 0.2) is 48.5 Å². The maximum absolute atomic E-state index is 5.90. The van der Waals surface area contributed by atoms with Crippen molar-refractivity contribution < 1.29 is 9.47 Å². The molecule has 0 bridgehead atoms. The van der Waals surface area contributed by atoms with Crippen molar-refractivity contribution in [2.24, 2.45) is 0 Å². The Kier molecular flexibility index (Phi) is 5.05. The smallest absolute Gasteiger partial charge is 0.161 e. The van der Waals surface area contributed by atoms with Crippen LogP contribution in [0.4, 0.5) is 0 Å². The summed E-state index contributed by atoms with van der Waals surface area (Å²) in [6.07, 6.45) is 1.13. The summed E-state index contributed by atoms with van der Waals surface area (Å²) in [5.74, 6) is 1.63. The summed E-state index contributed by atoms with van der Waals surface area (Å²) in [5.41, 5.74) is 2.41. The topological polar surface area (TPSA) is 18.5 Å². The standard InChI is InChI=1S/C18H22O2/c1-4-15-10-11-17(18(12-15)20-14(2)3)19-13-16-8-6-5-7-9-16/h5-12,14H,4,13H2,1-3H3. The quantitative estimate of drug-likeness (QED) is 0.762. The molecule has 0 fully saturated rings. The lowest BCUT2D eigenvalue weighted by molar-refractivity contribution is 0.218. The highest BCUT2D eigenvalue weighted by Gasteiger charge is 2.08. The van der Waals surface area contributed by atoms with Gasteiger partial charge in [0.25, 0.3) is 0 Å². The van der Waals surface area contributed by atoms with Crippen LogP contribution in [-0.2, 0) is 13.0 Å². The summed E-state index contributed by atoms with van der Waals surface area (Å²) in [4.78, 5) is 0. The lowest BCUT2D eigenvalue weighted by Crippen LogP contribution is -2.08. The molecule has 2 aromatic rings. The number of benzene rings is 2. The molecule has 0 spiro atoms. The molecule has 0 radical (unpaired) electrons. The highest BCUT2D eigenvalue weighted by atomic mass is 16.5. The van der Waals surface area contributed by atoms with Crippen molar-refractivity contribution in [1.82, 2.24) is 0 Å². The van der Waals surface area contributed by atoms with Crippen molar-refractivity contribution in [3.63, 3.8) is 0 Å². The fraction of sp³-hybridized carbons (Fsp3) is 0.333. The van der Waals surface area contributed by atoms with Crippen LogP contribution in [0.3, 0.4) is 0 Å². The van der Waals surface area contributed by atoms with Gasteiger partial charge in [0.2, 0.25) is 0 Å². The van der Waals surface area contributed by atoms with Crippen molar-refractivity contribution in [3.05, 3.63) is 59.7 Å². The second kappa shape index (κ2) is 6.99. The highest BCUT2D eigenvalue weighted by molar-refractivity contribution is 5.43. The predicted octanol–water partition coefficient (Wildman–Crippen LogP) is 4.62. The molecule has 0 saturated carbocycles. The second-order valence-corrected chi connectivity index (χ2v) is 5.08. The van der Waals surface area contributed by atoms with E-state index in [1.54, 1.807) is 0 Å². The van der Waals surface area contributed by atoms with Gasteiger partial charge in [-0.3, -0.25) is 0 Å². The molecule has 106 valence electrons. The fourth-order valence-corrected chi connectivity index (χ4v) is 1.97. The zero-order valence-electron chi connectivity index (χ0n) is 12.4. The van der Waals surface area contributed by atoms with Gasteiger partial charge in [0.05, 0.1) is 6.10 Å². The molecular formula is C18H22O2. The van der Waals surface area contributed by atoms with E-state index in [1.807, 2.05) is 38.1 Å². The van der Waals surface area contributed by atoms with E-state index in [4.69, 9.17) is 9.47 Å². The van der Waals surface area contributed by atoms with Gasteiger partial charge in [-0.25, -0.2) is 0 Å². The van der Waals surface area contributed by atoms with Gasteiger partial charge >= 0.3 is 0 Å². The Bertz CT molecular complexity index is 532. The summed E-state index contributed by atoms with van der Waals surface area (Å²) in [5, 5.41) is 0. The first kappa shape index (κ1) is 14.4. The average molecular weight is 270 g/mol. The maximum atomic E-state index is 5.90. The van der Waals surface area contributed by atoms with Gasteiger partial charge < -0.3 is 9.47 Å². The molecule has 0 unspecified atom stereocenters. The van der Waals surface area contributed by atoms with E-state index >= 15 is 0 Å². The van der Waals surface area contributed by atoms with E-state index in [9.17, 15) is 0 Å². The summed E-state index contributed by atoms with van der Waals surface area (Å²) >= 11 is 0. The minimum atomic E-state index is 0.140. The Hall–Kier alpha value is -1.96. The van der Waals surface area contributed by atoms with Crippen molar-refractivity contribution in [2.45, 2.75) is 39.9 Å². The van der Waals surface area contributed by atoms with Crippen LogP contribution >= 0.6 is 0 Å². The zero-order valence-corrected chi connectivity index (χ0v) is 12.4. The first-order valence-electron chi connectivity index (χ1n) is 7.15. The van der Waals surface area contributed by atoms with Gasteiger partial charge in [-0.2, -0.15) is 0 Å². The SMILES string of the molecule is CCc1ccc(OCc2ccccc2)c(OC(C)C)c1. The van der Waals surface area contributed by atoms with Gasteiger partial charge in [-0.15, -0.1) is 0 Å². The van der Waals surface area contributed by atoms with E-state index in [2.05, 4.69) is 31.2 Å². The monoisotopic (exact) mass is 270 g/mol. The molecule has 0 aliphatic heterocycles. The summed E-state index contributed by atoms with van der Waals surface area (Å²) in [6.45, 7) is 6.75. The fourth-order valence-electron chi connectivity index (χ4n) is 1.97. The molecule has 0 N–H and O–H groups in total. The summed E-state index contributed by atoms with van der Waals surface area (Å²) < 4.78 is 11.7. The lowest BCUT2D eigenvalue weighted by atomic mass is 10.1. The first-order chi connectivity index (χ1) is 9.69. The average Bonchev–Trinajstić information content (AvgIpc) is 2.46. The normalized spacial score (nSPS) is 10.6. The van der Waals surface area contributed by atoms with Crippen molar-refractivity contribution in [1.29, 1.82) is 0 Å². The van der Waals surface area contributed by atoms with Crippen LogP contribution < -0.4 is 9.47 Å². The van der Waals surface area contributed by atoms with E-state index in [-0.39, 0.29) is 6.10 Å². The Morgan fingerprint density at radius 2 is 1.65 bits per heavy atom. The molecule has 2 rings (SSSR count). The molecule has 0 aromatic heterocycles. The van der Waals surface area contributed by atoms with Gasteiger partial charge in [-0.1, -0.05) is 43.3 Å². The first-order valence-corrected chi connectivity index (χ1v) is 7.15. The Balaban J connectivity index is 2.13. The summed E-state index contributed by atoms with van der Waals surface area (Å²) in [6, 6.07) is 16.3. The van der Waals surface area contributed by atoms with Gasteiger partial charge in [0, 0.05) is 0 Å². The number of hydrogen-bond donors (Lipinski definition) is 0. The number of aryl methyl sites for hydroxylation is 1. The van der Waals surface area contributed by atoms with Crippen LogP contribution in [-0.4, -0.2) is 6.10 Å². The minimum absolute atomic E-state index is 0.140. The van der Waals surface area contributed by atoms with Crippen molar-refractivity contribution >= 4 is 0 Å². The molecule has 0 heterocycles. The molecular weight excluding hydrogens is 248 g/mol. The van der Waals surface area contributed by atoms with Crippen molar-refractivity contribution in [3.8, 4) is 11.5 Å². The third-order valence-corrected chi connectivity index (χ3v) is 3.02. The molecule has 2 aromatic carbocycles. The minimum Gasteiger partial charge on any atom is -0.487 e.